The molecule has 0 saturated heterocycles. The lowest BCUT2D eigenvalue weighted by Crippen LogP contribution is -2.13. The molecule has 18 heavy (non-hydrogen) atoms. The fourth-order valence-corrected chi connectivity index (χ4v) is 1.44. The number of carbonyl (C=O) groups excluding carboxylic acids is 1. The lowest BCUT2D eigenvalue weighted by molar-refractivity contribution is -0.147. The Hall–Kier alpha value is -2.02. The number of carboxylic acids is 1. The van der Waals surface area contributed by atoms with Crippen LogP contribution in [-0.4, -0.2) is 29.1 Å². The van der Waals surface area contributed by atoms with Gasteiger partial charge < -0.3 is 14.9 Å². The van der Waals surface area contributed by atoms with Gasteiger partial charge >= 0.3 is 12.6 Å². The fourth-order valence-electron chi connectivity index (χ4n) is 1.44. The number of hydrogen-bond acceptors (Lipinski definition) is 4. The number of hydrogen-bond donors (Lipinski definition) is 2. The first-order valence-electron chi connectivity index (χ1n) is 4.82. The van der Waals surface area contributed by atoms with Crippen LogP contribution in [0.15, 0.2) is 12.1 Å². The Kier molecular flexibility index (Phi) is 4.33. The van der Waals surface area contributed by atoms with E-state index in [2.05, 4.69) is 4.74 Å². The molecule has 0 saturated carbocycles. The number of carbonyl (C=O) groups is 2. The molecule has 1 aromatic rings. The monoisotopic (exact) mass is 260 g/mol. The Morgan fingerprint density at radius 1 is 1.44 bits per heavy atom. The first-order valence-corrected chi connectivity index (χ1v) is 4.82. The van der Waals surface area contributed by atoms with E-state index in [0.717, 1.165) is 12.1 Å². The molecule has 0 aliphatic carbocycles. The summed E-state index contributed by atoms with van der Waals surface area (Å²) in [5, 5.41) is 18.1. The molecule has 0 aliphatic heterocycles. The molecule has 7 heteroatoms. The summed E-state index contributed by atoms with van der Waals surface area (Å²) >= 11 is 0. The maximum absolute atomic E-state index is 12.1. The van der Waals surface area contributed by atoms with Crippen LogP contribution < -0.4 is 4.74 Å². The molecular formula is C11H10F2O5. The number of rotatable bonds is 5. The first-order chi connectivity index (χ1) is 8.36. The van der Waals surface area contributed by atoms with Gasteiger partial charge in [0.1, 0.15) is 12.0 Å². The van der Waals surface area contributed by atoms with Gasteiger partial charge in [0.15, 0.2) is 6.10 Å². The van der Waals surface area contributed by atoms with Crippen molar-refractivity contribution < 1.29 is 33.3 Å². The van der Waals surface area contributed by atoms with Crippen LogP contribution in [0, 0.1) is 6.92 Å². The molecule has 0 aliphatic rings. The number of aliphatic hydroxyl groups is 1. The SMILES string of the molecule is Cc1c(C=O)cc(OC(F)F)cc1C(O)C(=O)O. The molecule has 0 amide bonds. The predicted molar refractivity (Wildman–Crippen MR) is 55.8 cm³/mol. The lowest BCUT2D eigenvalue weighted by atomic mass is 9.98. The zero-order chi connectivity index (χ0) is 13.9. The number of halogens is 2. The van der Waals surface area contributed by atoms with Crippen LogP contribution in [0.1, 0.15) is 27.6 Å². The number of carboxylic acid groups (broad SMARTS) is 1. The fraction of sp³-hybridized carbons (Fsp3) is 0.273. The summed E-state index contributed by atoms with van der Waals surface area (Å²) in [7, 11) is 0. The van der Waals surface area contributed by atoms with Gasteiger partial charge in [-0.05, 0) is 30.2 Å². The van der Waals surface area contributed by atoms with Gasteiger partial charge in [-0.3, -0.25) is 4.79 Å². The van der Waals surface area contributed by atoms with E-state index < -0.39 is 18.7 Å². The third-order valence-electron chi connectivity index (χ3n) is 2.34. The van der Waals surface area contributed by atoms with Gasteiger partial charge in [0.05, 0.1) is 0 Å². The van der Waals surface area contributed by atoms with Crippen molar-refractivity contribution >= 4 is 12.3 Å². The average molecular weight is 260 g/mol. The highest BCUT2D eigenvalue weighted by atomic mass is 19.3. The zero-order valence-corrected chi connectivity index (χ0v) is 9.26. The molecule has 0 heterocycles. The van der Waals surface area contributed by atoms with Crippen LogP contribution >= 0.6 is 0 Å². The summed E-state index contributed by atoms with van der Waals surface area (Å²) in [6.07, 6.45) is -1.55. The van der Waals surface area contributed by atoms with Crippen molar-refractivity contribution in [3.63, 3.8) is 0 Å². The van der Waals surface area contributed by atoms with Crippen LogP contribution in [-0.2, 0) is 4.79 Å². The molecule has 0 radical (unpaired) electrons. The smallest absolute Gasteiger partial charge is 0.387 e. The molecule has 0 fully saturated rings. The van der Waals surface area contributed by atoms with Crippen molar-refractivity contribution in [3.8, 4) is 5.75 Å². The van der Waals surface area contributed by atoms with Crippen LogP contribution in [0.5, 0.6) is 5.75 Å². The maximum atomic E-state index is 12.1. The second-order valence-corrected chi connectivity index (χ2v) is 3.46. The zero-order valence-electron chi connectivity index (χ0n) is 9.26. The van der Waals surface area contributed by atoms with Crippen molar-refractivity contribution in [2.24, 2.45) is 0 Å². The van der Waals surface area contributed by atoms with Crippen LogP contribution in [0.4, 0.5) is 8.78 Å². The van der Waals surface area contributed by atoms with Crippen molar-refractivity contribution in [1.82, 2.24) is 0 Å². The third-order valence-corrected chi connectivity index (χ3v) is 2.34. The van der Waals surface area contributed by atoms with Crippen molar-refractivity contribution in [1.29, 1.82) is 0 Å². The number of ether oxygens (including phenoxy) is 1. The molecule has 1 aromatic carbocycles. The van der Waals surface area contributed by atoms with Gasteiger partial charge in [-0.15, -0.1) is 0 Å². The Bertz CT molecular complexity index is 473. The Morgan fingerprint density at radius 3 is 2.50 bits per heavy atom. The summed E-state index contributed by atoms with van der Waals surface area (Å²) in [5.41, 5.74) is 0.00714. The van der Waals surface area contributed by atoms with E-state index in [1.807, 2.05) is 0 Å². The standard InChI is InChI=1S/C11H10F2O5/c1-5-6(4-14)2-7(18-11(12)13)3-8(5)9(15)10(16)17/h2-4,9,11,15H,1H3,(H,16,17). The van der Waals surface area contributed by atoms with Crippen LogP contribution in [0.3, 0.4) is 0 Å². The normalized spacial score (nSPS) is 12.3. The Balaban J connectivity index is 3.31. The maximum Gasteiger partial charge on any atom is 0.387 e. The van der Waals surface area contributed by atoms with E-state index in [9.17, 15) is 23.5 Å². The molecule has 0 spiro atoms. The highest BCUT2D eigenvalue weighted by molar-refractivity contribution is 5.81. The summed E-state index contributed by atoms with van der Waals surface area (Å²) in [6.45, 7) is -1.71. The molecule has 5 nitrogen and oxygen atoms in total. The molecule has 0 aromatic heterocycles. The minimum atomic E-state index is -3.11. The van der Waals surface area contributed by atoms with Crippen molar-refractivity contribution in [2.45, 2.75) is 19.6 Å². The second-order valence-electron chi connectivity index (χ2n) is 3.46. The minimum Gasteiger partial charge on any atom is -0.479 e. The molecule has 1 unspecified atom stereocenters. The van der Waals surface area contributed by atoms with Gasteiger partial charge in [0.25, 0.3) is 0 Å². The Labute approximate surface area is 101 Å². The molecule has 2 N–H and O–H groups in total. The van der Waals surface area contributed by atoms with E-state index in [-0.39, 0.29) is 22.4 Å². The van der Waals surface area contributed by atoms with E-state index in [0.29, 0.717) is 6.29 Å². The average Bonchev–Trinajstić information content (AvgIpc) is 2.29. The minimum absolute atomic E-state index is 0.0246. The van der Waals surface area contributed by atoms with E-state index >= 15 is 0 Å². The summed E-state index contributed by atoms with van der Waals surface area (Å²) in [6, 6.07) is 2.01. The van der Waals surface area contributed by atoms with Crippen LogP contribution in [0.25, 0.3) is 0 Å². The molecule has 1 atom stereocenters. The van der Waals surface area contributed by atoms with E-state index in [1.165, 1.54) is 6.92 Å². The first kappa shape index (κ1) is 14.0. The summed E-state index contributed by atoms with van der Waals surface area (Å²) in [4.78, 5) is 21.4. The molecule has 98 valence electrons. The van der Waals surface area contributed by atoms with Crippen molar-refractivity contribution in [2.75, 3.05) is 0 Å². The summed E-state index contributed by atoms with van der Waals surface area (Å²) < 4.78 is 28.2. The van der Waals surface area contributed by atoms with Crippen molar-refractivity contribution in [3.05, 3.63) is 28.8 Å². The largest absolute Gasteiger partial charge is 0.479 e. The molecule has 0 bridgehead atoms. The van der Waals surface area contributed by atoms with Gasteiger partial charge in [-0.1, -0.05) is 0 Å². The highest BCUT2D eigenvalue weighted by Crippen LogP contribution is 2.27. The van der Waals surface area contributed by atoms with Gasteiger partial charge in [0, 0.05) is 5.56 Å². The van der Waals surface area contributed by atoms with E-state index in [1.54, 1.807) is 0 Å². The second kappa shape index (κ2) is 5.54. The summed E-state index contributed by atoms with van der Waals surface area (Å²) in [5.74, 6) is -1.93. The quantitative estimate of drug-likeness (QED) is 0.784. The van der Waals surface area contributed by atoms with Gasteiger partial charge in [0.2, 0.25) is 0 Å². The number of aliphatic carboxylic acids is 1. The Morgan fingerprint density at radius 2 is 2.06 bits per heavy atom. The predicted octanol–water partition coefficient (Wildman–Crippen LogP) is 1.53. The highest BCUT2D eigenvalue weighted by Gasteiger charge is 2.21. The lowest BCUT2D eigenvalue weighted by Gasteiger charge is -2.14. The van der Waals surface area contributed by atoms with Gasteiger partial charge in [-0.2, -0.15) is 8.78 Å². The van der Waals surface area contributed by atoms with Gasteiger partial charge in [-0.25, -0.2) is 4.79 Å². The number of aliphatic hydroxyl groups excluding tert-OH is 1. The number of benzene rings is 1. The molecular weight excluding hydrogens is 250 g/mol. The number of alkyl halides is 2. The topological polar surface area (TPSA) is 83.8 Å². The van der Waals surface area contributed by atoms with E-state index in [4.69, 9.17) is 5.11 Å². The third kappa shape index (κ3) is 3.01. The number of aldehydes is 1. The molecule has 1 rings (SSSR count). The van der Waals surface area contributed by atoms with Crippen LogP contribution in [0.2, 0.25) is 0 Å².